The van der Waals surface area contributed by atoms with Gasteiger partial charge in [-0.05, 0) is 49.7 Å². The molecule has 1 aliphatic heterocycles. The van der Waals surface area contributed by atoms with E-state index < -0.39 is 0 Å². The van der Waals surface area contributed by atoms with Crippen molar-refractivity contribution >= 4 is 17.3 Å². The number of likely N-dealkylation sites (tertiary alicyclic amines) is 1. The van der Waals surface area contributed by atoms with Crippen molar-refractivity contribution in [1.82, 2.24) is 15.5 Å². The van der Waals surface area contributed by atoms with Gasteiger partial charge in [0.15, 0.2) is 5.96 Å². The second-order valence-electron chi connectivity index (χ2n) is 7.17. The zero-order valence-corrected chi connectivity index (χ0v) is 17.8. The highest BCUT2D eigenvalue weighted by atomic mass is 32.1. The quantitative estimate of drug-likeness (QED) is 0.524. The molecule has 0 amide bonds. The molecule has 0 bridgehead atoms. The third-order valence-electron chi connectivity index (χ3n) is 5.06. The Hall–Kier alpha value is -2.05. The van der Waals surface area contributed by atoms with Crippen molar-refractivity contribution in [2.24, 2.45) is 10.9 Å². The van der Waals surface area contributed by atoms with E-state index in [1.807, 2.05) is 43.5 Å². The molecule has 1 unspecified atom stereocenters. The topological polar surface area (TPSA) is 48.9 Å². The zero-order valence-electron chi connectivity index (χ0n) is 17.0. The van der Waals surface area contributed by atoms with Crippen LogP contribution in [0.2, 0.25) is 0 Å². The highest BCUT2D eigenvalue weighted by Gasteiger charge is 2.20. The molecule has 1 aromatic carbocycles. The Balaban J connectivity index is 1.45. The maximum atomic E-state index is 5.71. The molecule has 1 aliphatic rings. The summed E-state index contributed by atoms with van der Waals surface area (Å²) in [7, 11) is 1.83. The fraction of sp³-hybridized carbons (Fsp3) is 0.500. The van der Waals surface area contributed by atoms with Gasteiger partial charge in [0.1, 0.15) is 5.75 Å². The Kier molecular flexibility index (Phi) is 8.18. The van der Waals surface area contributed by atoms with E-state index >= 15 is 0 Å². The van der Waals surface area contributed by atoms with E-state index in [1.165, 1.54) is 24.3 Å². The van der Waals surface area contributed by atoms with Gasteiger partial charge >= 0.3 is 0 Å². The van der Waals surface area contributed by atoms with Crippen LogP contribution in [0.1, 0.15) is 30.2 Å². The predicted molar refractivity (Wildman–Crippen MR) is 118 cm³/mol. The van der Waals surface area contributed by atoms with Gasteiger partial charge in [0, 0.05) is 43.7 Å². The van der Waals surface area contributed by atoms with E-state index in [9.17, 15) is 0 Å². The molecule has 0 spiro atoms. The van der Waals surface area contributed by atoms with Gasteiger partial charge in [0.25, 0.3) is 0 Å². The molecular weight excluding hydrogens is 368 g/mol. The average Bonchev–Trinajstić information content (AvgIpc) is 3.23. The number of nitrogens with one attached hydrogen (secondary N) is 2. The number of nitrogens with zero attached hydrogens (tertiary/aromatic N) is 2. The summed E-state index contributed by atoms with van der Waals surface area (Å²) in [4.78, 5) is 8.42. The first-order valence-electron chi connectivity index (χ1n) is 10.2. The van der Waals surface area contributed by atoms with Crippen molar-refractivity contribution in [2.75, 3.05) is 33.3 Å². The van der Waals surface area contributed by atoms with Crippen LogP contribution in [0.25, 0.3) is 0 Å². The monoisotopic (exact) mass is 400 g/mol. The van der Waals surface area contributed by atoms with Crippen LogP contribution in [0.3, 0.4) is 0 Å². The van der Waals surface area contributed by atoms with Crippen LogP contribution < -0.4 is 15.4 Å². The standard InChI is InChI=1S/C22H32N4OS/c1-3-27-21-11-5-4-9-19(21)15-25-22(23-2)24-14-18-8-6-12-26(16-18)17-20-10-7-13-28-20/h4-5,7,9-11,13,18H,3,6,8,12,14-17H2,1-2H3,(H2,23,24,25). The van der Waals surface area contributed by atoms with E-state index in [4.69, 9.17) is 4.74 Å². The van der Waals surface area contributed by atoms with Crippen molar-refractivity contribution in [1.29, 1.82) is 0 Å². The Bertz CT molecular complexity index is 732. The largest absolute Gasteiger partial charge is 0.494 e. The van der Waals surface area contributed by atoms with Crippen molar-refractivity contribution in [2.45, 2.75) is 32.9 Å². The molecule has 0 saturated carbocycles. The Morgan fingerprint density at radius 1 is 1.25 bits per heavy atom. The zero-order chi connectivity index (χ0) is 19.6. The lowest BCUT2D eigenvalue weighted by Gasteiger charge is -2.32. The van der Waals surface area contributed by atoms with E-state index in [0.717, 1.165) is 36.9 Å². The molecular formula is C22H32N4OS. The van der Waals surface area contributed by atoms with Crippen LogP contribution in [-0.4, -0.2) is 44.1 Å². The van der Waals surface area contributed by atoms with E-state index in [0.29, 0.717) is 19.1 Å². The number of rotatable bonds is 8. The fourth-order valence-electron chi connectivity index (χ4n) is 3.67. The second-order valence-corrected chi connectivity index (χ2v) is 8.20. The Morgan fingerprint density at radius 2 is 2.14 bits per heavy atom. The Morgan fingerprint density at radius 3 is 2.93 bits per heavy atom. The first-order chi connectivity index (χ1) is 13.8. The molecule has 5 nitrogen and oxygen atoms in total. The molecule has 0 aliphatic carbocycles. The van der Waals surface area contributed by atoms with Crippen LogP contribution >= 0.6 is 11.3 Å². The molecule has 1 aromatic heterocycles. The second kappa shape index (κ2) is 11.1. The molecule has 2 aromatic rings. The summed E-state index contributed by atoms with van der Waals surface area (Å²) in [5.74, 6) is 2.44. The van der Waals surface area contributed by atoms with Gasteiger partial charge in [0.2, 0.25) is 0 Å². The normalized spacial score (nSPS) is 18.1. The smallest absolute Gasteiger partial charge is 0.191 e. The number of para-hydroxylation sites is 1. The highest BCUT2D eigenvalue weighted by Crippen LogP contribution is 2.20. The molecule has 2 N–H and O–H groups in total. The average molecular weight is 401 g/mol. The third kappa shape index (κ3) is 6.24. The van der Waals surface area contributed by atoms with Gasteiger partial charge in [-0.3, -0.25) is 9.89 Å². The first-order valence-corrected chi connectivity index (χ1v) is 11.1. The minimum Gasteiger partial charge on any atom is -0.494 e. The summed E-state index contributed by atoms with van der Waals surface area (Å²) in [5.41, 5.74) is 1.15. The number of guanidine groups is 1. The molecule has 2 heterocycles. The SMILES string of the molecule is CCOc1ccccc1CNC(=NC)NCC1CCCN(Cc2cccs2)C1. The molecule has 1 fully saturated rings. The minimum absolute atomic E-state index is 0.656. The number of benzene rings is 1. The molecule has 152 valence electrons. The lowest BCUT2D eigenvalue weighted by molar-refractivity contribution is 0.169. The number of hydrogen-bond acceptors (Lipinski definition) is 4. The van der Waals surface area contributed by atoms with Gasteiger partial charge in [-0.15, -0.1) is 11.3 Å². The van der Waals surface area contributed by atoms with E-state index in [2.05, 4.69) is 44.1 Å². The number of thiophene rings is 1. The summed E-state index contributed by atoms with van der Waals surface area (Å²) in [5, 5.41) is 9.10. The first kappa shape index (κ1) is 20.7. The lowest BCUT2D eigenvalue weighted by Crippen LogP contribution is -2.44. The number of hydrogen-bond donors (Lipinski definition) is 2. The van der Waals surface area contributed by atoms with Gasteiger partial charge in [0.05, 0.1) is 6.61 Å². The van der Waals surface area contributed by atoms with Crippen molar-refractivity contribution in [3.8, 4) is 5.75 Å². The van der Waals surface area contributed by atoms with Crippen LogP contribution in [0.15, 0.2) is 46.8 Å². The van der Waals surface area contributed by atoms with E-state index in [-0.39, 0.29) is 0 Å². The van der Waals surface area contributed by atoms with Crippen molar-refractivity contribution < 1.29 is 4.74 Å². The van der Waals surface area contributed by atoms with Gasteiger partial charge in [-0.1, -0.05) is 24.3 Å². The molecule has 1 saturated heterocycles. The van der Waals surface area contributed by atoms with Gasteiger partial charge < -0.3 is 15.4 Å². The fourth-order valence-corrected chi connectivity index (χ4v) is 4.42. The van der Waals surface area contributed by atoms with Crippen LogP contribution in [0, 0.1) is 5.92 Å². The van der Waals surface area contributed by atoms with E-state index in [1.54, 1.807) is 0 Å². The summed E-state index contributed by atoms with van der Waals surface area (Å²) in [6.07, 6.45) is 2.55. The summed E-state index contributed by atoms with van der Waals surface area (Å²) < 4.78 is 5.71. The van der Waals surface area contributed by atoms with Gasteiger partial charge in [-0.2, -0.15) is 0 Å². The predicted octanol–water partition coefficient (Wildman–Crippen LogP) is 3.72. The summed E-state index contributed by atoms with van der Waals surface area (Å²) >= 11 is 1.85. The Labute approximate surface area is 172 Å². The number of aliphatic imine (C=N–C) groups is 1. The lowest BCUT2D eigenvalue weighted by atomic mass is 9.98. The highest BCUT2D eigenvalue weighted by molar-refractivity contribution is 7.09. The molecule has 6 heteroatoms. The van der Waals surface area contributed by atoms with Crippen molar-refractivity contribution in [3.05, 3.63) is 52.2 Å². The molecule has 0 radical (unpaired) electrons. The molecule has 3 rings (SSSR count). The molecule has 1 atom stereocenters. The molecule has 28 heavy (non-hydrogen) atoms. The third-order valence-corrected chi connectivity index (χ3v) is 5.92. The number of piperidine rings is 1. The van der Waals surface area contributed by atoms with Crippen LogP contribution in [-0.2, 0) is 13.1 Å². The summed E-state index contributed by atoms with van der Waals surface area (Å²) in [6.45, 7) is 7.77. The van der Waals surface area contributed by atoms with Crippen LogP contribution in [0.5, 0.6) is 5.75 Å². The maximum Gasteiger partial charge on any atom is 0.191 e. The number of ether oxygens (including phenoxy) is 1. The maximum absolute atomic E-state index is 5.71. The van der Waals surface area contributed by atoms with Gasteiger partial charge in [-0.25, -0.2) is 0 Å². The van der Waals surface area contributed by atoms with Crippen molar-refractivity contribution in [3.63, 3.8) is 0 Å². The minimum atomic E-state index is 0.656. The van der Waals surface area contributed by atoms with Crippen LogP contribution in [0.4, 0.5) is 0 Å². The summed E-state index contributed by atoms with van der Waals surface area (Å²) in [6, 6.07) is 12.5.